The van der Waals surface area contributed by atoms with Crippen molar-refractivity contribution in [3.05, 3.63) is 23.8 Å². The number of ether oxygens (including phenoxy) is 1. The first-order valence-electron chi connectivity index (χ1n) is 4.24. The molecule has 0 aliphatic heterocycles. The summed E-state index contributed by atoms with van der Waals surface area (Å²) in [5, 5.41) is 12.2. The van der Waals surface area contributed by atoms with E-state index in [9.17, 15) is 9.90 Å². The van der Waals surface area contributed by atoms with Gasteiger partial charge in [0, 0.05) is 5.56 Å². The molecular formula is C10H13NO3. The van der Waals surface area contributed by atoms with Crippen LogP contribution in [-0.2, 0) is 0 Å². The van der Waals surface area contributed by atoms with Crippen molar-refractivity contribution in [2.45, 2.75) is 0 Å². The van der Waals surface area contributed by atoms with Crippen LogP contribution < -0.4 is 10.1 Å². The summed E-state index contributed by atoms with van der Waals surface area (Å²) in [4.78, 5) is 11.4. The first-order valence-corrected chi connectivity index (χ1v) is 4.24. The molecule has 0 aliphatic rings. The van der Waals surface area contributed by atoms with Crippen LogP contribution in [0.3, 0.4) is 0 Å². The van der Waals surface area contributed by atoms with Gasteiger partial charge in [-0.25, -0.2) is 0 Å². The van der Waals surface area contributed by atoms with Crippen LogP contribution in [0.15, 0.2) is 18.2 Å². The summed E-state index contributed by atoms with van der Waals surface area (Å²) in [6.45, 7) is 0.256. The summed E-state index contributed by atoms with van der Waals surface area (Å²) in [7, 11) is 3.16. The Balaban J connectivity index is 2.91. The van der Waals surface area contributed by atoms with Crippen molar-refractivity contribution < 1.29 is 14.6 Å². The van der Waals surface area contributed by atoms with Crippen molar-refractivity contribution in [2.75, 3.05) is 20.7 Å². The van der Waals surface area contributed by atoms with Crippen molar-refractivity contribution in [3.63, 3.8) is 0 Å². The topological polar surface area (TPSA) is 58.6 Å². The number of carbonyl (C=O) groups is 1. The van der Waals surface area contributed by atoms with Crippen LogP contribution in [0.4, 0.5) is 0 Å². The maximum Gasteiger partial charge on any atom is 0.176 e. The fraction of sp³-hybridized carbons (Fsp3) is 0.300. The first kappa shape index (κ1) is 10.5. The van der Waals surface area contributed by atoms with Gasteiger partial charge in [0.25, 0.3) is 0 Å². The number of methoxy groups -OCH3 is 1. The maximum absolute atomic E-state index is 11.4. The highest BCUT2D eigenvalue weighted by molar-refractivity contribution is 5.98. The lowest BCUT2D eigenvalue weighted by atomic mass is 10.1. The third-order valence-electron chi connectivity index (χ3n) is 1.84. The van der Waals surface area contributed by atoms with Crippen molar-refractivity contribution in [2.24, 2.45) is 0 Å². The quantitative estimate of drug-likeness (QED) is 0.698. The molecule has 0 saturated carbocycles. The summed E-state index contributed by atoms with van der Waals surface area (Å²) in [6, 6.07) is 4.59. The van der Waals surface area contributed by atoms with Crippen LogP contribution in [0.25, 0.3) is 0 Å². The van der Waals surface area contributed by atoms with Crippen molar-refractivity contribution >= 4 is 5.78 Å². The minimum atomic E-state index is -0.0644. The Kier molecular flexibility index (Phi) is 3.48. The average molecular weight is 195 g/mol. The molecule has 0 heterocycles. The molecule has 0 amide bonds. The predicted octanol–water partition coefficient (Wildman–Crippen LogP) is 0.803. The number of hydrogen-bond acceptors (Lipinski definition) is 4. The van der Waals surface area contributed by atoms with Gasteiger partial charge in [0.15, 0.2) is 17.3 Å². The van der Waals surface area contributed by atoms with Gasteiger partial charge in [0.05, 0.1) is 13.7 Å². The third-order valence-corrected chi connectivity index (χ3v) is 1.84. The van der Waals surface area contributed by atoms with Crippen LogP contribution in [0.2, 0.25) is 0 Å². The highest BCUT2D eigenvalue weighted by atomic mass is 16.5. The summed E-state index contributed by atoms with van der Waals surface area (Å²) < 4.78 is 4.86. The lowest BCUT2D eigenvalue weighted by Gasteiger charge is -2.05. The molecule has 0 aliphatic carbocycles. The maximum atomic E-state index is 11.4. The SMILES string of the molecule is CNCC(=O)c1ccc(OC)c(O)c1. The van der Waals surface area contributed by atoms with Gasteiger partial charge in [-0.3, -0.25) is 4.79 Å². The predicted molar refractivity (Wildman–Crippen MR) is 52.9 cm³/mol. The van der Waals surface area contributed by atoms with E-state index in [-0.39, 0.29) is 18.1 Å². The fourth-order valence-corrected chi connectivity index (χ4v) is 1.13. The summed E-state index contributed by atoms with van der Waals surface area (Å²) >= 11 is 0. The average Bonchev–Trinajstić information content (AvgIpc) is 2.18. The van der Waals surface area contributed by atoms with E-state index in [1.54, 1.807) is 19.2 Å². The van der Waals surface area contributed by atoms with E-state index in [1.807, 2.05) is 0 Å². The number of benzene rings is 1. The van der Waals surface area contributed by atoms with E-state index in [0.717, 1.165) is 0 Å². The molecule has 0 bridgehead atoms. The summed E-state index contributed by atoms with van der Waals surface area (Å²) in [5.74, 6) is 0.283. The molecule has 0 aromatic heterocycles. The highest BCUT2D eigenvalue weighted by Gasteiger charge is 2.08. The second kappa shape index (κ2) is 4.62. The molecule has 1 aromatic carbocycles. The number of likely N-dealkylation sites (N-methyl/N-ethyl adjacent to an activating group) is 1. The Morgan fingerprint density at radius 1 is 1.57 bits per heavy atom. The highest BCUT2D eigenvalue weighted by Crippen LogP contribution is 2.26. The van der Waals surface area contributed by atoms with Gasteiger partial charge in [0.1, 0.15) is 0 Å². The standard InChI is InChI=1S/C10H13NO3/c1-11-6-9(13)7-3-4-10(14-2)8(12)5-7/h3-5,11-12H,6H2,1-2H3. The molecule has 0 fully saturated rings. The summed E-state index contributed by atoms with van der Waals surface area (Å²) in [5.41, 5.74) is 0.470. The zero-order valence-electron chi connectivity index (χ0n) is 8.20. The van der Waals surface area contributed by atoms with E-state index in [2.05, 4.69) is 5.32 Å². The van der Waals surface area contributed by atoms with Gasteiger partial charge >= 0.3 is 0 Å². The van der Waals surface area contributed by atoms with Crippen LogP contribution in [-0.4, -0.2) is 31.6 Å². The normalized spacial score (nSPS) is 9.86. The van der Waals surface area contributed by atoms with Crippen molar-refractivity contribution in [1.29, 1.82) is 0 Å². The Bertz CT molecular complexity index is 336. The molecule has 4 nitrogen and oxygen atoms in total. The smallest absolute Gasteiger partial charge is 0.176 e. The molecule has 14 heavy (non-hydrogen) atoms. The molecule has 1 aromatic rings. The fourth-order valence-electron chi connectivity index (χ4n) is 1.13. The lowest BCUT2D eigenvalue weighted by Crippen LogP contribution is -2.18. The van der Waals surface area contributed by atoms with Crippen LogP contribution in [0, 0.1) is 0 Å². The van der Waals surface area contributed by atoms with Gasteiger partial charge in [0.2, 0.25) is 0 Å². The van der Waals surface area contributed by atoms with Crippen LogP contribution in [0.5, 0.6) is 11.5 Å². The second-order valence-electron chi connectivity index (χ2n) is 2.84. The number of Topliss-reactive ketones (excluding diaryl/α,β-unsaturated/α-hetero) is 1. The number of phenolic OH excluding ortho intramolecular Hbond substituents is 1. The van der Waals surface area contributed by atoms with Gasteiger partial charge in [-0.15, -0.1) is 0 Å². The largest absolute Gasteiger partial charge is 0.504 e. The zero-order chi connectivity index (χ0) is 10.6. The van der Waals surface area contributed by atoms with E-state index in [1.165, 1.54) is 13.2 Å². The minimum Gasteiger partial charge on any atom is -0.504 e. The zero-order valence-corrected chi connectivity index (χ0v) is 8.20. The molecule has 0 atom stereocenters. The lowest BCUT2D eigenvalue weighted by molar-refractivity contribution is 0.0993. The molecular weight excluding hydrogens is 182 g/mol. The molecule has 2 N–H and O–H groups in total. The van der Waals surface area contributed by atoms with Crippen molar-refractivity contribution in [3.8, 4) is 11.5 Å². The molecule has 0 unspecified atom stereocenters. The molecule has 0 saturated heterocycles. The Morgan fingerprint density at radius 2 is 2.29 bits per heavy atom. The van der Waals surface area contributed by atoms with E-state index >= 15 is 0 Å². The number of ketones is 1. The summed E-state index contributed by atoms with van der Waals surface area (Å²) in [6.07, 6.45) is 0. The van der Waals surface area contributed by atoms with Crippen molar-refractivity contribution in [1.82, 2.24) is 5.32 Å². The molecule has 0 spiro atoms. The molecule has 0 radical (unpaired) electrons. The Labute approximate surface area is 82.5 Å². The Hall–Kier alpha value is -1.55. The number of aromatic hydroxyl groups is 1. The third kappa shape index (κ3) is 2.23. The molecule has 4 heteroatoms. The monoisotopic (exact) mass is 195 g/mol. The molecule has 76 valence electrons. The van der Waals surface area contributed by atoms with Crippen LogP contribution >= 0.6 is 0 Å². The minimum absolute atomic E-state index is 0.0190. The van der Waals surface area contributed by atoms with Gasteiger partial charge in [-0.1, -0.05) is 0 Å². The molecule has 1 rings (SSSR count). The number of carbonyl (C=O) groups excluding carboxylic acids is 1. The van der Waals surface area contributed by atoms with Crippen LogP contribution in [0.1, 0.15) is 10.4 Å². The number of phenols is 1. The number of hydrogen-bond donors (Lipinski definition) is 2. The van der Waals surface area contributed by atoms with Gasteiger partial charge in [-0.05, 0) is 25.2 Å². The number of nitrogens with one attached hydrogen (secondary N) is 1. The second-order valence-corrected chi connectivity index (χ2v) is 2.84. The van der Waals surface area contributed by atoms with Gasteiger partial charge in [-0.2, -0.15) is 0 Å². The van der Waals surface area contributed by atoms with E-state index < -0.39 is 0 Å². The van der Waals surface area contributed by atoms with E-state index in [0.29, 0.717) is 11.3 Å². The Morgan fingerprint density at radius 3 is 2.79 bits per heavy atom. The van der Waals surface area contributed by atoms with E-state index in [4.69, 9.17) is 4.74 Å². The number of rotatable bonds is 4. The first-order chi connectivity index (χ1) is 6.69. The van der Waals surface area contributed by atoms with Gasteiger partial charge < -0.3 is 15.2 Å².